The van der Waals surface area contributed by atoms with Gasteiger partial charge in [-0.05, 0) is 12.8 Å². The average molecular weight is 294 g/mol. The molecule has 0 aromatic carbocycles. The van der Waals surface area contributed by atoms with Crippen LogP contribution in [0.15, 0.2) is 4.99 Å². The molecule has 0 aromatic heterocycles. The van der Waals surface area contributed by atoms with E-state index < -0.39 is 24.0 Å². The maximum absolute atomic E-state index is 11.1. The SMILES string of the molecule is CC(=O)NC(CO)[C@H]1CC(C(=O)[O-])C[C@@H]1N=C(N)N.[Na+]. The molecule has 1 aliphatic carbocycles. The molecule has 4 atom stereocenters. The topological polar surface area (TPSA) is 154 Å². The Labute approximate surface area is 139 Å². The van der Waals surface area contributed by atoms with E-state index in [0.717, 1.165) is 0 Å². The maximum Gasteiger partial charge on any atom is 1.00 e. The van der Waals surface area contributed by atoms with Crippen molar-refractivity contribution in [1.82, 2.24) is 5.32 Å². The number of carbonyl (C=O) groups excluding carboxylic acids is 2. The number of nitrogens with two attached hydrogens (primary N) is 2. The van der Waals surface area contributed by atoms with Crippen molar-refractivity contribution < 1.29 is 49.4 Å². The van der Waals surface area contributed by atoms with Crippen LogP contribution in [-0.4, -0.2) is 41.6 Å². The van der Waals surface area contributed by atoms with Crippen molar-refractivity contribution in [2.75, 3.05) is 6.61 Å². The Hall–Kier alpha value is -0.830. The molecular formula is C11H19N4NaO4. The number of aliphatic hydroxyl groups is 1. The van der Waals surface area contributed by atoms with Gasteiger partial charge in [0.1, 0.15) is 0 Å². The van der Waals surface area contributed by atoms with Gasteiger partial charge in [-0.1, -0.05) is 0 Å². The maximum atomic E-state index is 11.1. The number of rotatable bonds is 5. The predicted molar refractivity (Wildman–Crippen MR) is 65.5 cm³/mol. The largest absolute Gasteiger partial charge is 1.00 e. The molecule has 1 amide bonds. The van der Waals surface area contributed by atoms with Gasteiger partial charge in [0.2, 0.25) is 5.91 Å². The van der Waals surface area contributed by atoms with Crippen LogP contribution in [0.2, 0.25) is 0 Å². The first-order valence-electron chi connectivity index (χ1n) is 6.02. The number of carboxylic acid groups (broad SMARTS) is 1. The van der Waals surface area contributed by atoms with E-state index in [1.54, 1.807) is 0 Å². The van der Waals surface area contributed by atoms with Crippen LogP contribution >= 0.6 is 0 Å². The Morgan fingerprint density at radius 2 is 2.05 bits per heavy atom. The van der Waals surface area contributed by atoms with Crippen LogP contribution in [0.4, 0.5) is 0 Å². The molecule has 9 heteroatoms. The Balaban J connectivity index is 0.00000361. The van der Waals surface area contributed by atoms with Gasteiger partial charge in [-0.15, -0.1) is 0 Å². The molecule has 0 radical (unpaired) electrons. The second kappa shape index (κ2) is 8.46. The molecule has 0 heterocycles. The summed E-state index contributed by atoms with van der Waals surface area (Å²) in [6, 6.07) is -1.02. The van der Waals surface area contributed by atoms with Crippen LogP contribution in [-0.2, 0) is 9.59 Å². The van der Waals surface area contributed by atoms with Crippen molar-refractivity contribution in [1.29, 1.82) is 0 Å². The number of aliphatic carboxylic acids is 1. The molecule has 0 spiro atoms. The molecule has 0 aliphatic heterocycles. The summed E-state index contributed by atoms with van der Waals surface area (Å²) in [4.78, 5) is 26.0. The number of aliphatic imine (C=N–C) groups is 1. The molecule has 6 N–H and O–H groups in total. The molecule has 108 valence electrons. The molecule has 0 aromatic rings. The molecular weight excluding hydrogens is 275 g/mol. The first-order chi connectivity index (χ1) is 8.85. The van der Waals surface area contributed by atoms with Gasteiger partial charge in [-0.3, -0.25) is 4.79 Å². The number of nitrogens with one attached hydrogen (secondary N) is 1. The third kappa shape index (κ3) is 5.28. The number of nitrogens with zero attached hydrogens (tertiary/aromatic N) is 1. The molecule has 1 saturated carbocycles. The van der Waals surface area contributed by atoms with Crippen molar-refractivity contribution >= 4 is 17.8 Å². The number of hydrogen-bond donors (Lipinski definition) is 4. The summed E-state index contributed by atoms with van der Waals surface area (Å²) in [6.07, 6.45) is 0.496. The van der Waals surface area contributed by atoms with Gasteiger partial charge in [-0.25, -0.2) is 4.99 Å². The van der Waals surface area contributed by atoms with Crippen molar-refractivity contribution in [3.63, 3.8) is 0 Å². The second-order valence-electron chi connectivity index (χ2n) is 4.76. The zero-order valence-electron chi connectivity index (χ0n) is 11.7. The summed E-state index contributed by atoms with van der Waals surface area (Å²) in [7, 11) is 0. The van der Waals surface area contributed by atoms with E-state index in [-0.39, 0.29) is 66.8 Å². The number of guanidine groups is 1. The molecule has 1 fully saturated rings. The fourth-order valence-electron chi connectivity index (χ4n) is 2.56. The number of hydrogen-bond acceptors (Lipinski definition) is 5. The Bertz CT molecular complexity index is 387. The second-order valence-corrected chi connectivity index (χ2v) is 4.76. The first-order valence-corrected chi connectivity index (χ1v) is 6.02. The minimum absolute atomic E-state index is 0. The van der Waals surface area contributed by atoms with Crippen molar-refractivity contribution in [3.05, 3.63) is 0 Å². The molecule has 2 unspecified atom stereocenters. The van der Waals surface area contributed by atoms with Gasteiger partial charge in [0.05, 0.1) is 18.7 Å². The van der Waals surface area contributed by atoms with Crippen LogP contribution in [0, 0.1) is 11.8 Å². The summed E-state index contributed by atoms with van der Waals surface area (Å²) >= 11 is 0. The molecule has 0 bridgehead atoms. The van der Waals surface area contributed by atoms with E-state index >= 15 is 0 Å². The van der Waals surface area contributed by atoms with Gasteiger partial charge in [0, 0.05) is 24.7 Å². The Kier molecular flexibility index (Phi) is 8.10. The Morgan fingerprint density at radius 1 is 1.45 bits per heavy atom. The first kappa shape index (κ1) is 19.2. The van der Waals surface area contributed by atoms with E-state index in [0.29, 0.717) is 0 Å². The van der Waals surface area contributed by atoms with Gasteiger partial charge < -0.3 is 31.8 Å². The van der Waals surface area contributed by atoms with E-state index in [1.165, 1.54) is 6.92 Å². The van der Waals surface area contributed by atoms with Gasteiger partial charge >= 0.3 is 29.6 Å². The van der Waals surface area contributed by atoms with Gasteiger partial charge in [0.25, 0.3) is 0 Å². The Morgan fingerprint density at radius 3 is 2.45 bits per heavy atom. The average Bonchev–Trinajstić information content (AvgIpc) is 2.68. The standard InChI is InChI=1S/C11H20N4O4.Na/c1-5(17)14-9(4-16)7-2-6(10(18)19)3-8(7)15-11(12)13;/h6-9,16H,2-4H2,1H3,(H,14,17)(H,18,19)(H4,12,13,15);/q;+1/p-1/t6?,7-,8-,9?;/m0./s1. The van der Waals surface area contributed by atoms with Gasteiger partial charge in [0.15, 0.2) is 5.96 Å². The number of carboxylic acids is 1. The van der Waals surface area contributed by atoms with Crippen molar-refractivity contribution in [2.45, 2.75) is 31.8 Å². The fourth-order valence-corrected chi connectivity index (χ4v) is 2.56. The molecule has 1 aliphatic rings. The fraction of sp³-hybridized carbons (Fsp3) is 0.727. The monoisotopic (exact) mass is 294 g/mol. The molecule has 0 saturated heterocycles. The number of amides is 1. The zero-order valence-corrected chi connectivity index (χ0v) is 13.7. The summed E-state index contributed by atoms with van der Waals surface area (Å²) in [5, 5.41) is 22.8. The van der Waals surface area contributed by atoms with Crippen molar-refractivity contribution in [2.24, 2.45) is 28.3 Å². The van der Waals surface area contributed by atoms with Gasteiger partial charge in [-0.2, -0.15) is 0 Å². The zero-order chi connectivity index (χ0) is 14.6. The predicted octanol–water partition coefficient (Wildman–Crippen LogP) is -6.09. The third-order valence-electron chi connectivity index (χ3n) is 3.33. The normalized spacial score (nSPS) is 26.2. The van der Waals surface area contributed by atoms with E-state index in [4.69, 9.17) is 11.5 Å². The smallest absolute Gasteiger partial charge is 0.550 e. The number of carbonyl (C=O) groups is 2. The summed E-state index contributed by atoms with van der Waals surface area (Å²) < 4.78 is 0. The van der Waals surface area contributed by atoms with Crippen molar-refractivity contribution in [3.8, 4) is 0 Å². The van der Waals surface area contributed by atoms with Crippen LogP contribution in [0.5, 0.6) is 0 Å². The molecule has 8 nitrogen and oxygen atoms in total. The summed E-state index contributed by atoms with van der Waals surface area (Å²) in [5.74, 6) is -2.63. The van der Waals surface area contributed by atoms with Crippen LogP contribution in [0.3, 0.4) is 0 Å². The third-order valence-corrected chi connectivity index (χ3v) is 3.33. The summed E-state index contributed by atoms with van der Waals surface area (Å²) in [5.41, 5.74) is 10.6. The minimum atomic E-state index is -1.17. The quantitative estimate of drug-likeness (QED) is 0.225. The number of aliphatic hydroxyl groups excluding tert-OH is 1. The summed E-state index contributed by atoms with van der Waals surface area (Å²) in [6.45, 7) is 1.02. The van der Waals surface area contributed by atoms with Crippen LogP contribution in [0.1, 0.15) is 19.8 Å². The van der Waals surface area contributed by atoms with E-state index in [1.807, 2.05) is 0 Å². The van der Waals surface area contributed by atoms with E-state index in [2.05, 4.69) is 10.3 Å². The van der Waals surface area contributed by atoms with Crippen LogP contribution < -0.4 is 51.4 Å². The van der Waals surface area contributed by atoms with E-state index in [9.17, 15) is 19.8 Å². The minimum Gasteiger partial charge on any atom is -0.550 e. The molecule has 1 rings (SSSR count). The molecule has 20 heavy (non-hydrogen) atoms. The van der Waals surface area contributed by atoms with Crippen LogP contribution in [0.25, 0.3) is 0 Å².